The van der Waals surface area contributed by atoms with Crippen molar-refractivity contribution in [1.82, 2.24) is 0 Å². The molecule has 0 radical (unpaired) electrons. The van der Waals surface area contributed by atoms with Gasteiger partial charge in [-0.25, -0.2) is 0 Å². The van der Waals surface area contributed by atoms with Gasteiger partial charge in [0.2, 0.25) is 0 Å². The summed E-state index contributed by atoms with van der Waals surface area (Å²) in [5.74, 6) is 0.754. The molecule has 5 nitrogen and oxygen atoms in total. The lowest BCUT2D eigenvalue weighted by atomic mass is 10.2. The zero-order valence-corrected chi connectivity index (χ0v) is 11.2. The van der Waals surface area contributed by atoms with Gasteiger partial charge < -0.3 is 15.1 Å². The molecule has 2 aromatic rings. The Morgan fingerprint density at radius 2 is 2.15 bits per heavy atom. The normalized spacial score (nSPS) is 11.6. The van der Waals surface area contributed by atoms with Crippen LogP contribution >= 0.6 is 0 Å². The summed E-state index contributed by atoms with van der Waals surface area (Å²) in [5.41, 5.74) is 1.26. The van der Waals surface area contributed by atoms with Gasteiger partial charge in [0.15, 0.2) is 12.3 Å². The molecule has 2 rings (SSSR count). The first kappa shape index (κ1) is 13.8. The largest absolute Gasteiger partial charge is 0.463 e. The number of amides is 1. The fourth-order valence-electron chi connectivity index (χ4n) is 1.79. The third-order valence-electron chi connectivity index (χ3n) is 2.95. The van der Waals surface area contributed by atoms with Crippen LogP contribution in [0.5, 0.6) is 0 Å². The van der Waals surface area contributed by atoms with Crippen molar-refractivity contribution >= 4 is 11.6 Å². The first-order valence-corrected chi connectivity index (χ1v) is 6.36. The predicted octanol–water partition coefficient (Wildman–Crippen LogP) is 1.41. The van der Waals surface area contributed by atoms with Crippen molar-refractivity contribution in [2.24, 2.45) is 0 Å². The highest BCUT2D eigenvalue weighted by Gasteiger charge is 2.13. The molecule has 5 heteroatoms. The number of carbonyl (C=O) groups is 1. The fourth-order valence-corrected chi connectivity index (χ4v) is 1.79. The minimum Gasteiger partial charge on any atom is -0.463 e. The van der Waals surface area contributed by atoms with Crippen molar-refractivity contribution in [3.05, 3.63) is 54.0 Å². The first-order chi connectivity index (χ1) is 9.69. The number of benzene rings is 1. The lowest BCUT2D eigenvalue weighted by Crippen LogP contribution is -2.86. The van der Waals surface area contributed by atoms with Crippen LogP contribution in [0.2, 0.25) is 0 Å². The maximum absolute atomic E-state index is 11.8. The number of rotatable bonds is 5. The number of nitrogens with two attached hydrogens (primary N) is 1. The fraction of sp³-hybridized carbons (Fsp3) is 0.200. The molecule has 1 heterocycles. The summed E-state index contributed by atoms with van der Waals surface area (Å²) in [7, 11) is 0. The number of nitrogens with zero attached hydrogens (tertiary/aromatic N) is 1. The van der Waals surface area contributed by atoms with Gasteiger partial charge in [-0.05, 0) is 43.3 Å². The molecule has 3 N–H and O–H groups in total. The SMILES string of the molecule is C[C@H]([NH2+]CC(=O)Nc1ccc(C#N)cc1)c1ccco1. The third-order valence-corrected chi connectivity index (χ3v) is 2.95. The van der Waals surface area contributed by atoms with E-state index in [1.165, 1.54) is 0 Å². The van der Waals surface area contributed by atoms with Crippen LogP contribution < -0.4 is 10.6 Å². The van der Waals surface area contributed by atoms with E-state index in [1.54, 1.807) is 30.5 Å². The second-order valence-corrected chi connectivity index (χ2v) is 4.48. The third kappa shape index (κ3) is 3.70. The summed E-state index contributed by atoms with van der Waals surface area (Å²) < 4.78 is 5.28. The Morgan fingerprint density at radius 1 is 1.40 bits per heavy atom. The number of hydrogen-bond donors (Lipinski definition) is 2. The molecule has 0 spiro atoms. The van der Waals surface area contributed by atoms with Gasteiger partial charge in [-0.15, -0.1) is 0 Å². The Balaban J connectivity index is 1.82. The van der Waals surface area contributed by atoms with Crippen LogP contribution in [0.3, 0.4) is 0 Å². The van der Waals surface area contributed by atoms with Crippen molar-refractivity contribution in [2.45, 2.75) is 13.0 Å². The lowest BCUT2D eigenvalue weighted by molar-refractivity contribution is -0.684. The van der Waals surface area contributed by atoms with Crippen molar-refractivity contribution in [3.63, 3.8) is 0 Å². The molecule has 0 aliphatic heterocycles. The van der Waals surface area contributed by atoms with E-state index in [0.29, 0.717) is 17.8 Å². The van der Waals surface area contributed by atoms with E-state index in [-0.39, 0.29) is 11.9 Å². The van der Waals surface area contributed by atoms with Gasteiger partial charge in [-0.2, -0.15) is 5.26 Å². The molecule has 0 bridgehead atoms. The quantitative estimate of drug-likeness (QED) is 0.861. The van der Waals surface area contributed by atoms with Gasteiger partial charge in [-0.3, -0.25) is 4.79 Å². The number of carbonyl (C=O) groups excluding carboxylic acids is 1. The monoisotopic (exact) mass is 270 g/mol. The van der Waals surface area contributed by atoms with Gasteiger partial charge in [-0.1, -0.05) is 0 Å². The molecule has 20 heavy (non-hydrogen) atoms. The number of nitrogens with one attached hydrogen (secondary N) is 1. The Labute approximate surface area is 117 Å². The van der Waals surface area contributed by atoms with E-state index in [9.17, 15) is 4.79 Å². The number of furan rings is 1. The zero-order chi connectivity index (χ0) is 14.4. The summed E-state index contributed by atoms with van der Waals surface area (Å²) in [4.78, 5) is 11.8. The van der Waals surface area contributed by atoms with Crippen molar-refractivity contribution in [2.75, 3.05) is 11.9 Å². The second kappa shape index (κ2) is 6.55. The Morgan fingerprint density at radius 3 is 2.75 bits per heavy atom. The number of hydrogen-bond acceptors (Lipinski definition) is 3. The maximum atomic E-state index is 11.8. The molecule has 0 fully saturated rings. The highest BCUT2D eigenvalue weighted by Crippen LogP contribution is 2.09. The Kier molecular flexibility index (Phi) is 4.53. The van der Waals surface area contributed by atoms with E-state index in [4.69, 9.17) is 9.68 Å². The summed E-state index contributed by atoms with van der Waals surface area (Å²) in [6.07, 6.45) is 1.62. The molecule has 1 aromatic carbocycles. The molecular weight excluding hydrogens is 254 g/mol. The van der Waals surface area contributed by atoms with Crippen LogP contribution in [0.1, 0.15) is 24.3 Å². The van der Waals surface area contributed by atoms with Crippen LogP contribution in [0, 0.1) is 11.3 Å². The number of nitriles is 1. The van der Waals surface area contributed by atoms with E-state index in [2.05, 4.69) is 5.32 Å². The van der Waals surface area contributed by atoms with E-state index in [0.717, 1.165) is 5.76 Å². The molecule has 102 valence electrons. The molecule has 1 atom stereocenters. The van der Waals surface area contributed by atoms with Crippen LogP contribution in [0.25, 0.3) is 0 Å². The summed E-state index contributed by atoms with van der Waals surface area (Å²) >= 11 is 0. The molecule has 0 aliphatic rings. The van der Waals surface area contributed by atoms with E-state index < -0.39 is 0 Å². The highest BCUT2D eigenvalue weighted by molar-refractivity contribution is 5.91. The van der Waals surface area contributed by atoms with Crippen LogP contribution in [-0.2, 0) is 4.79 Å². The molecule has 0 aliphatic carbocycles. The Bertz CT molecular complexity index is 597. The van der Waals surface area contributed by atoms with Crippen LogP contribution in [-0.4, -0.2) is 12.5 Å². The molecular formula is C15H16N3O2+. The first-order valence-electron chi connectivity index (χ1n) is 6.36. The van der Waals surface area contributed by atoms with Gasteiger partial charge in [0, 0.05) is 5.69 Å². The Hall–Kier alpha value is -2.58. The zero-order valence-electron chi connectivity index (χ0n) is 11.2. The van der Waals surface area contributed by atoms with Crippen molar-refractivity contribution in [3.8, 4) is 6.07 Å². The number of quaternary nitrogens is 1. The average molecular weight is 270 g/mol. The standard InChI is InChI=1S/C15H15N3O2/c1-11(14-3-2-8-20-14)17-10-15(19)18-13-6-4-12(9-16)5-7-13/h2-8,11,17H,10H2,1H3,(H,18,19)/p+1/t11-/m0/s1. The smallest absolute Gasteiger partial charge is 0.279 e. The van der Waals surface area contributed by atoms with Crippen LogP contribution in [0.15, 0.2) is 47.1 Å². The highest BCUT2D eigenvalue weighted by atomic mass is 16.3. The molecule has 1 aromatic heterocycles. The topological polar surface area (TPSA) is 82.6 Å². The second-order valence-electron chi connectivity index (χ2n) is 4.48. The molecule has 1 amide bonds. The number of anilines is 1. The average Bonchev–Trinajstić information content (AvgIpc) is 3.00. The molecule has 0 saturated heterocycles. The van der Waals surface area contributed by atoms with Crippen LogP contribution in [0.4, 0.5) is 5.69 Å². The summed E-state index contributed by atoms with van der Waals surface area (Å²) in [5, 5.41) is 13.4. The van der Waals surface area contributed by atoms with Crippen molar-refractivity contribution in [1.29, 1.82) is 5.26 Å². The lowest BCUT2D eigenvalue weighted by Gasteiger charge is -2.08. The van der Waals surface area contributed by atoms with E-state index in [1.807, 2.05) is 30.4 Å². The van der Waals surface area contributed by atoms with Gasteiger partial charge in [0.25, 0.3) is 5.91 Å². The summed E-state index contributed by atoms with van der Waals surface area (Å²) in [6.45, 7) is 2.29. The predicted molar refractivity (Wildman–Crippen MR) is 73.7 cm³/mol. The minimum absolute atomic E-state index is 0.0897. The maximum Gasteiger partial charge on any atom is 0.279 e. The minimum atomic E-state index is -0.0897. The molecule has 0 unspecified atom stereocenters. The van der Waals surface area contributed by atoms with E-state index >= 15 is 0 Å². The van der Waals surface area contributed by atoms with Crippen molar-refractivity contribution < 1.29 is 14.5 Å². The van der Waals surface area contributed by atoms with Gasteiger partial charge in [0.05, 0.1) is 17.9 Å². The van der Waals surface area contributed by atoms with Gasteiger partial charge in [0.1, 0.15) is 6.04 Å². The van der Waals surface area contributed by atoms with Gasteiger partial charge >= 0.3 is 0 Å². The summed E-state index contributed by atoms with van der Waals surface area (Å²) in [6, 6.07) is 12.6. The molecule has 0 saturated carbocycles.